The fourth-order valence-electron chi connectivity index (χ4n) is 2.51. The summed E-state index contributed by atoms with van der Waals surface area (Å²) >= 11 is 0. The van der Waals surface area contributed by atoms with E-state index >= 15 is 0 Å². The number of rotatable bonds is 4. The highest BCUT2D eigenvalue weighted by molar-refractivity contribution is 7.92. The summed E-state index contributed by atoms with van der Waals surface area (Å²) in [5.41, 5.74) is 0. The highest BCUT2D eigenvalue weighted by Gasteiger charge is 2.35. The Hall–Kier alpha value is -0.660. The monoisotopic (exact) mass is 292 g/mol. The molecule has 0 aromatic rings. The zero-order valence-electron chi connectivity index (χ0n) is 11.0. The van der Waals surface area contributed by atoms with Crippen LogP contribution in [0.25, 0.3) is 0 Å². The number of carbonyl (C=O) groups is 1. The van der Waals surface area contributed by atoms with Crippen LogP contribution in [0.1, 0.15) is 32.1 Å². The lowest BCUT2D eigenvalue weighted by molar-refractivity contribution is -0.143. The van der Waals surface area contributed by atoms with Gasteiger partial charge in [0.25, 0.3) is 0 Å². The number of carbonyl (C=O) groups excluding carboxylic acids is 1. The van der Waals surface area contributed by atoms with Crippen molar-refractivity contribution in [3.05, 3.63) is 0 Å². The van der Waals surface area contributed by atoms with Crippen LogP contribution in [0.2, 0.25) is 0 Å². The molecule has 2 saturated heterocycles. The van der Waals surface area contributed by atoms with Crippen molar-refractivity contribution in [2.75, 3.05) is 19.5 Å². The van der Waals surface area contributed by atoms with Crippen molar-refractivity contribution in [1.82, 2.24) is 0 Å². The predicted octanol–water partition coefficient (Wildman–Crippen LogP) is 0.648. The molecule has 3 unspecified atom stereocenters. The number of sulfone groups is 1. The molecule has 0 amide bonds. The average molecular weight is 292 g/mol. The lowest BCUT2D eigenvalue weighted by Gasteiger charge is -2.24. The molecule has 19 heavy (non-hydrogen) atoms. The summed E-state index contributed by atoms with van der Waals surface area (Å²) in [5, 5.41) is -0.372. The third kappa shape index (κ3) is 3.90. The maximum atomic E-state index is 11.9. The highest BCUT2D eigenvalue weighted by Crippen LogP contribution is 2.27. The van der Waals surface area contributed by atoms with Gasteiger partial charge in [0.2, 0.25) is 0 Å². The smallest absolute Gasteiger partial charge is 0.308 e. The Balaban J connectivity index is 1.83. The van der Waals surface area contributed by atoms with Gasteiger partial charge in [-0.25, -0.2) is 8.42 Å². The van der Waals surface area contributed by atoms with Crippen LogP contribution in [-0.4, -0.2) is 51.5 Å². The summed E-state index contributed by atoms with van der Waals surface area (Å²) in [4.78, 5) is 11.1. The molecule has 0 saturated carbocycles. The maximum absolute atomic E-state index is 11.9. The van der Waals surface area contributed by atoms with Crippen LogP contribution in [0.15, 0.2) is 0 Å². The molecule has 7 heteroatoms. The number of ether oxygens (including phenoxy) is 3. The van der Waals surface area contributed by atoms with Gasteiger partial charge in [-0.3, -0.25) is 4.79 Å². The van der Waals surface area contributed by atoms with E-state index in [2.05, 4.69) is 4.74 Å². The Kier molecular flexibility index (Phi) is 4.81. The van der Waals surface area contributed by atoms with Crippen LogP contribution in [-0.2, 0) is 28.8 Å². The molecule has 0 bridgehead atoms. The first-order chi connectivity index (χ1) is 9.01. The molecule has 2 heterocycles. The van der Waals surface area contributed by atoms with Gasteiger partial charge < -0.3 is 14.2 Å². The van der Waals surface area contributed by atoms with Gasteiger partial charge in [-0.05, 0) is 12.8 Å². The molecule has 2 fully saturated rings. The van der Waals surface area contributed by atoms with E-state index in [0.717, 1.165) is 12.8 Å². The standard InChI is InChI=1S/C12H20O6S/c1-16-11(13)6-9-8-17-12(18-9)7-10-4-2-3-5-19(10,14)15/h9-10,12H,2-8H2,1H3. The minimum atomic E-state index is -3.01. The number of esters is 1. The molecule has 0 N–H and O–H groups in total. The van der Waals surface area contributed by atoms with Gasteiger partial charge >= 0.3 is 5.97 Å². The lowest BCUT2D eigenvalue weighted by Crippen LogP contribution is -2.32. The normalized spacial score (nSPS) is 34.1. The molecular weight excluding hydrogens is 272 g/mol. The third-order valence-corrected chi connectivity index (χ3v) is 5.90. The Morgan fingerprint density at radius 3 is 2.84 bits per heavy atom. The Bertz CT molecular complexity index is 418. The number of methoxy groups -OCH3 is 1. The van der Waals surface area contributed by atoms with E-state index in [1.807, 2.05) is 0 Å². The predicted molar refractivity (Wildman–Crippen MR) is 67.3 cm³/mol. The van der Waals surface area contributed by atoms with Gasteiger partial charge in [-0.1, -0.05) is 6.42 Å². The second-order valence-electron chi connectivity index (χ2n) is 5.02. The van der Waals surface area contributed by atoms with Crippen molar-refractivity contribution in [1.29, 1.82) is 0 Å². The molecule has 2 aliphatic heterocycles. The highest BCUT2D eigenvalue weighted by atomic mass is 32.2. The van der Waals surface area contributed by atoms with Crippen molar-refractivity contribution < 1.29 is 27.4 Å². The minimum absolute atomic E-state index is 0.143. The van der Waals surface area contributed by atoms with E-state index in [0.29, 0.717) is 19.4 Å². The largest absolute Gasteiger partial charge is 0.469 e. The van der Waals surface area contributed by atoms with Crippen LogP contribution in [0.5, 0.6) is 0 Å². The molecule has 6 nitrogen and oxygen atoms in total. The molecule has 0 radical (unpaired) electrons. The van der Waals surface area contributed by atoms with Crippen LogP contribution >= 0.6 is 0 Å². The molecule has 2 rings (SSSR count). The van der Waals surface area contributed by atoms with Crippen molar-refractivity contribution >= 4 is 15.8 Å². The Morgan fingerprint density at radius 2 is 2.16 bits per heavy atom. The third-order valence-electron chi connectivity index (χ3n) is 3.60. The summed E-state index contributed by atoms with van der Waals surface area (Å²) in [6.07, 6.45) is 2.01. The number of hydrogen-bond acceptors (Lipinski definition) is 6. The van der Waals surface area contributed by atoms with E-state index in [-0.39, 0.29) is 29.5 Å². The summed E-state index contributed by atoms with van der Waals surface area (Å²) in [7, 11) is -1.68. The first-order valence-corrected chi connectivity index (χ1v) is 8.28. The van der Waals surface area contributed by atoms with Gasteiger partial charge in [-0.15, -0.1) is 0 Å². The molecular formula is C12H20O6S. The van der Waals surface area contributed by atoms with Crippen LogP contribution in [0.3, 0.4) is 0 Å². The summed E-state index contributed by atoms with van der Waals surface area (Å²) in [5.74, 6) is -0.0878. The molecule has 0 aliphatic carbocycles. The second-order valence-corrected chi connectivity index (χ2v) is 7.42. The summed E-state index contributed by atoms with van der Waals surface area (Å²) in [6, 6.07) is 0. The summed E-state index contributed by atoms with van der Waals surface area (Å²) in [6.45, 7) is 0.312. The first-order valence-electron chi connectivity index (χ1n) is 6.56. The zero-order valence-corrected chi connectivity index (χ0v) is 11.9. The summed E-state index contributed by atoms with van der Waals surface area (Å²) < 4.78 is 39.3. The van der Waals surface area contributed by atoms with Crippen molar-refractivity contribution in [2.24, 2.45) is 0 Å². The van der Waals surface area contributed by atoms with Crippen molar-refractivity contribution in [3.8, 4) is 0 Å². The van der Waals surface area contributed by atoms with Gasteiger partial charge in [0, 0.05) is 6.42 Å². The van der Waals surface area contributed by atoms with E-state index in [1.54, 1.807) is 0 Å². The zero-order chi connectivity index (χ0) is 13.9. The molecule has 110 valence electrons. The quantitative estimate of drug-likeness (QED) is 0.708. The second kappa shape index (κ2) is 6.19. The van der Waals surface area contributed by atoms with Gasteiger partial charge in [-0.2, -0.15) is 0 Å². The topological polar surface area (TPSA) is 78.9 Å². The van der Waals surface area contributed by atoms with Crippen molar-refractivity contribution in [2.45, 2.75) is 49.7 Å². The average Bonchev–Trinajstić information content (AvgIpc) is 2.79. The Morgan fingerprint density at radius 1 is 1.37 bits per heavy atom. The van der Waals surface area contributed by atoms with Crippen LogP contribution in [0.4, 0.5) is 0 Å². The molecule has 0 spiro atoms. The minimum Gasteiger partial charge on any atom is -0.469 e. The first kappa shape index (κ1) is 14.7. The molecule has 0 aromatic carbocycles. The molecule has 3 atom stereocenters. The SMILES string of the molecule is COC(=O)CC1COC(CC2CCCCS2(=O)=O)O1. The molecule has 2 aliphatic rings. The van der Waals surface area contributed by atoms with E-state index in [9.17, 15) is 13.2 Å². The maximum Gasteiger partial charge on any atom is 0.308 e. The lowest BCUT2D eigenvalue weighted by atomic mass is 10.1. The Labute approximate surface area is 113 Å². The fourth-order valence-corrected chi connectivity index (χ4v) is 4.42. The van der Waals surface area contributed by atoms with E-state index < -0.39 is 16.1 Å². The molecule has 0 aromatic heterocycles. The van der Waals surface area contributed by atoms with Crippen LogP contribution in [0, 0.1) is 0 Å². The van der Waals surface area contributed by atoms with E-state index in [1.165, 1.54) is 7.11 Å². The van der Waals surface area contributed by atoms with Gasteiger partial charge in [0.15, 0.2) is 16.1 Å². The number of hydrogen-bond donors (Lipinski definition) is 0. The van der Waals surface area contributed by atoms with Crippen LogP contribution < -0.4 is 0 Å². The van der Waals surface area contributed by atoms with Crippen molar-refractivity contribution in [3.63, 3.8) is 0 Å². The van der Waals surface area contributed by atoms with Gasteiger partial charge in [0.1, 0.15) is 0 Å². The van der Waals surface area contributed by atoms with Gasteiger partial charge in [0.05, 0.1) is 37.2 Å². The van der Waals surface area contributed by atoms with E-state index in [4.69, 9.17) is 9.47 Å². The fraction of sp³-hybridized carbons (Fsp3) is 0.917.